The smallest absolute Gasteiger partial charge is 0.323 e. The number of anilines is 1. The van der Waals surface area contributed by atoms with Crippen LogP contribution in [0.1, 0.15) is 11.1 Å². The number of benzene rings is 3. The lowest BCUT2D eigenvalue weighted by molar-refractivity contribution is 0.303. The second-order valence-electron chi connectivity index (χ2n) is 6.36. The maximum absolute atomic E-state index is 11.4. The van der Waals surface area contributed by atoms with Gasteiger partial charge in [-0.1, -0.05) is 35.3 Å². The molecule has 4 aromatic rings. The van der Waals surface area contributed by atoms with Crippen molar-refractivity contribution in [2.45, 2.75) is 13.2 Å². The van der Waals surface area contributed by atoms with Crippen LogP contribution in [0.3, 0.4) is 0 Å². The molecule has 0 radical (unpaired) electrons. The van der Waals surface area contributed by atoms with Gasteiger partial charge in [0.15, 0.2) is 0 Å². The predicted molar refractivity (Wildman–Crippen MR) is 113 cm³/mol. The van der Waals surface area contributed by atoms with Gasteiger partial charge < -0.3 is 20.0 Å². The zero-order valence-electron chi connectivity index (χ0n) is 14.8. The molecule has 0 atom stereocenters. The maximum Gasteiger partial charge on any atom is 0.323 e. The van der Waals surface area contributed by atoms with Gasteiger partial charge in [0.25, 0.3) is 0 Å². The summed E-state index contributed by atoms with van der Waals surface area (Å²) in [7, 11) is 0. The van der Waals surface area contributed by atoms with Gasteiger partial charge in [-0.05, 0) is 54.1 Å². The van der Waals surface area contributed by atoms with Gasteiger partial charge in [-0.2, -0.15) is 0 Å². The topological polar surface area (TPSA) is 69.9 Å². The summed E-state index contributed by atoms with van der Waals surface area (Å²) in [5.74, 6) is 0.753. The fourth-order valence-corrected chi connectivity index (χ4v) is 3.23. The summed E-state index contributed by atoms with van der Waals surface area (Å²) in [6, 6.07) is 18.7. The van der Waals surface area contributed by atoms with E-state index in [1.807, 2.05) is 54.6 Å². The van der Waals surface area contributed by atoms with E-state index < -0.39 is 0 Å². The number of fused-ring (bicyclic) bond motifs is 1. The SMILES string of the molecule is O=c1[nH]c2ccc(NCc3cc(Cl)ccc3OCc3ccc(Cl)cc3)cc2[nH]1. The van der Waals surface area contributed by atoms with E-state index in [-0.39, 0.29) is 5.69 Å². The fourth-order valence-electron chi connectivity index (χ4n) is 2.91. The van der Waals surface area contributed by atoms with Crippen LogP contribution in [0.25, 0.3) is 11.0 Å². The molecule has 0 aliphatic carbocycles. The summed E-state index contributed by atoms with van der Waals surface area (Å²) < 4.78 is 5.99. The highest BCUT2D eigenvalue weighted by Crippen LogP contribution is 2.25. The largest absolute Gasteiger partial charge is 0.489 e. The zero-order valence-corrected chi connectivity index (χ0v) is 16.3. The van der Waals surface area contributed by atoms with Crippen LogP contribution >= 0.6 is 23.2 Å². The summed E-state index contributed by atoms with van der Waals surface area (Å²) in [6.07, 6.45) is 0. The minimum Gasteiger partial charge on any atom is -0.489 e. The number of rotatable bonds is 6. The molecule has 142 valence electrons. The average Bonchev–Trinajstić information content (AvgIpc) is 3.06. The lowest BCUT2D eigenvalue weighted by Gasteiger charge is -2.14. The molecule has 0 spiro atoms. The molecule has 0 aliphatic heterocycles. The van der Waals surface area contributed by atoms with Gasteiger partial charge in [0.05, 0.1) is 11.0 Å². The van der Waals surface area contributed by atoms with Gasteiger partial charge >= 0.3 is 5.69 Å². The van der Waals surface area contributed by atoms with Crippen LogP contribution in [0.2, 0.25) is 10.0 Å². The van der Waals surface area contributed by atoms with E-state index in [0.717, 1.165) is 33.6 Å². The van der Waals surface area contributed by atoms with Crippen molar-refractivity contribution >= 4 is 39.9 Å². The quantitative estimate of drug-likeness (QED) is 0.398. The van der Waals surface area contributed by atoms with Crippen LogP contribution < -0.4 is 15.7 Å². The van der Waals surface area contributed by atoms with Gasteiger partial charge in [-0.3, -0.25) is 0 Å². The first-order chi connectivity index (χ1) is 13.6. The molecule has 0 fully saturated rings. The van der Waals surface area contributed by atoms with E-state index >= 15 is 0 Å². The lowest BCUT2D eigenvalue weighted by atomic mass is 10.2. The van der Waals surface area contributed by atoms with Crippen LogP contribution in [0.15, 0.2) is 65.5 Å². The van der Waals surface area contributed by atoms with E-state index in [1.54, 1.807) is 6.07 Å². The van der Waals surface area contributed by atoms with Crippen LogP contribution in [0.4, 0.5) is 5.69 Å². The summed E-state index contributed by atoms with van der Waals surface area (Å²) in [4.78, 5) is 16.9. The third-order valence-electron chi connectivity index (χ3n) is 4.33. The normalized spacial score (nSPS) is 10.9. The molecule has 1 aromatic heterocycles. The second kappa shape index (κ2) is 8.00. The molecule has 0 bridgehead atoms. The number of ether oxygens (including phenoxy) is 1. The fraction of sp³-hybridized carbons (Fsp3) is 0.0952. The number of hydrogen-bond donors (Lipinski definition) is 3. The molecule has 0 saturated carbocycles. The first-order valence-corrected chi connectivity index (χ1v) is 9.44. The van der Waals surface area contributed by atoms with Crippen molar-refractivity contribution in [2.75, 3.05) is 5.32 Å². The van der Waals surface area contributed by atoms with Crippen molar-refractivity contribution in [1.29, 1.82) is 0 Å². The molecule has 5 nitrogen and oxygen atoms in total. The van der Waals surface area contributed by atoms with Gasteiger partial charge in [0.2, 0.25) is 0 Å². The number of hydrogen-bond acceptors (Lipinski definition) is 3. The molecular formula is C21H17Cl2N3O2. The summed E-state index contributed by atoms with van der Waals surface area (Å²) >= 11 is 12.1. The summed E-state index contributed by atoms with van der Waals surface area (Å²) in [6.45, 7) is 0.957. The van der Waals surface area contributed by atoms with Gasteiger partial charge in [0, 0.05) is 27.8 Å². The monoisotopic (exact) mass is 413 g/mol. The van der Waals surface area contributed by atoms with Crippen LogP contribution in [0, 0.1) is 0 Å². The molecule has 1 heterocycles. The second-order valence-corrected chi connectivity index (χ2v) is 7.23. The van der Waals surface area contributed by atoms with E-state index in [9.17, 15) is 4.79 Å². The van der Waals surface area contributed by atoms with Crippen molar-refractivity contribution < 1.29 is 4.74 Å². The van der Waals surface area contributed by atoms with E-state index in [4.69, 9.17) is 27.9 Å². The third-order valence-corrected chi connectivity index (χ3v) is 4.82. The minimum atomic E-state index is -0.222. The minimum absolute atomic E-state index is 0.222. The molecule has 7 heteroatoms. The molecule has 3 aromatic carbocycles. The Hall–Kier alpha value is -2.89. The van der Waals surface area contributed by atoms with Crippen LogP contribution in [0.5, 0.6) is 5.75 Å². The van der Waals surface area contributed by atoms with Gasteiger partial charge in [-0.25, -0.2) is 4.79 Å². The van der Waals surface area contributed by atoms with E-state index in [2.05, 4.69) is 15.3 Å². The Balaban J connectivity index is 1.48. The van der Waals surface area contributed by atoms with Crippen LogP contribution in [-0.4, -0.2) is 9.97 Å². The standard InChI is InChI=1S/C21H17Cl2N3O2/c22-15-3-1-13(2-4-15)12-28-20-8-5-16(23)9-14(20)11-24-17-6-7-18-19(10-17)26-21(27)25-18/h1-10,24H,11-12H2,(H2,25,26,27). The molecule has 4 rings (SSSR count). The maximum atomic E-state index is 11.4. The Kier molecular flexibility index (Phi) is 5.28. The average molecular weight is 414 g/mol. The summed E-state index contributed by atoms with van der Waals surface area (Å²) in [5, 5.41) is 4.68. The van der Waals surface area contributed by atoms with Gasteiger partial charge in [0.1, 0.15) is 12.4 Å². The van der Waals surface area contributed by atoms with E-state index in [1.165, 1.54) is 0 Å². The van der Waals surface area contributed by atoms with Crippen molar-refractivity contribution in [1.82, 2.24) is 9.97 Å². The first-order valence-electron chi connectivity index (χ1n) is 8.68. The highest BCUT2D eigenvalue weighted by atomic mass is 35.5. The number of H-pyrrole nitrogens is 2. The molecule has 3 N–H and O–H groups in total. The predicted octanol–water partition coefficient (Wildman–Crippen LogP) is 5.35. The Labute approximate surface area is 171 Å². The molecule has 28 heavy (non-hydrogen) atoms. The Morgan fingerprint density at radius 2 is 1.61 bits per heavy atom. The lowest BCUT2D eigenvalue weighted by Crippen LogP contribution is -2.04. The Morgan fingerprint density at radius 3 is 2.43 bits per heavy atom. The number of halogens is 2. The van der Waals surface area contributed by atoms with Crippen molar-refractivity contribution in [3.63, 3.8) is 0 Å². The first kappa shape index (κ1) is 18.5. The van der Waals surface area contributed by atoms with Crippen LogP contribution in [-0.2, 0) is 13.2 Å². The summed E-state index contributed by atoms with van der Waals surface area (Å²) in [5.41, 5.74) is 4.14. The van der Waals surface area contributed by atoms with Gasteiger partial charge in [-0.15, -0.1) is 0 Å². The highest BCUT2D eigenvalue weighted by molar-refractivity contribution is 6.30. The number of nitrogens with one attached hydrogen (secondary N) is 3. The Morgan fingerprint density at radius 1 is 0.857 bits per heavy atom. The highest BCUT2D eigenvalue weighted by Gasteiger charge is 2.07. The number of aromatic nitrogens is 2. The zero-order chi connectivity index (χ0) is 19.5. The van der Waals surface area contributed by atoms with Crippen molar-refractivity contribution in [3.8, 4) is 5.75 Å². The number of aromatic amines is 2. The van der Waals surface area contributed by atoms with Crippen molar-refractivity contribution in [3.05, 3.63) is 92.3 Å². The molecule has 0 amide bonds. The Bertz CT molecular complexity index is 1170. The number of imidazole rings is 1. The molecule has 0 saturated heterocycles. The van der Waals surface area contributed by atoms with E-state index in [0.29, 0.717) is 23.2 Å². The molecule has 0 unspecified atom stereocenters. The molecule has 0 aliphatic rings. The molecular weight excluding hydrogens is 397 g/mol. The van der Waals surface area contributed by atoms with Crippen molar-refractivity contribution in [2.24, 2.45) is 0 Å². The third kappa shape index (κ3) is 4.32.